The van der Waals surface area contributed by atoms with Gasteiger partial charge in [-0.15, -0.1) is 0 Å². The molecule has 1 aromatic rings. The van der Waals surface area contributed by atoms with Crippen LogP contribution in [0.25, 0.3) is 0 Å². The molecule has 20 heavy (non-hydrogen) atoms. The Labute approximate surface area is 118 Å². The SMILES string of the molecule is COc1ccc(C2=NO[C@@H](C(=O)NC(C)(C)C)C2)cc1. The van der Waals surface area contributed by atoms with Gasteiger partial charge in [0.2, 0.25) is 6.10 Å². The van der Waals surface area contributed by atoms with E-state index < -0.39 is 6.10 Å². The number of hydrogen-bond donors (Lipinski definition) is 1. The van der Waals surface area contributed by atoms with Crippen molar-refractivity contribution in [1.82, 2.24) is 5.32 Å². The molecular weight excluding hydrogens is 256 g/mol. The molecule has 1 aliphatic heterocycles. The summed E-state index contributed by atoms with van der Waals surface area (Å²) in [6.07, 6.45) is -0.0693. The second-order valence-corrected chi connectivity index (χ2v) is 5.80. The lowest BCUT2D eigenvalue weighted by Crippen LogP contribution is -2.45. The van der Waals surface area contributed by atoms with E-state index in [9.17, 15) is 4.79 Å². The van der Waals surface area contributed by atoms with Crippen molar-refractivity contribution in [3.8, 4) is 5.75 Å². The van der Waals surface area contributed by atoms with E-state index >= 15 is 0 Å². The van der Waals surface area contributed by atoms with E-state index in [4.69, 9.17) is 9.57 Å². The quantitative estimate of drug-likeness (QED) is 0.919. The van der Waals surface area contributed by atoms with E-state index in [0.29, 0.717) is 6.42 Å². The molecule has 5 nitrogen and oxygen atoms in total. The number of methoxy groups -OCH3 is 1. The monoisotopic (exact) mass is 276 g/mol. The summed E-state index contributed by atoms with van der Waals surface area (Å²) in [6, 6.07) is 7.54. The van der Waals surface area contributed by atoms with Crippen LogP contribution in [0.4, 0.5) is 0 Å². The van der Waals surface area contributed by atoms with E-state index in [1.165, 1.54) is 0 Å². The minimum Gasteiger partial charge on any atom is -0.497 e. The van der Waals surface area contributed by atoms with E-state index in [1.807, 2.05) is 45.0 Å². The molecule has 1 atom stereocenters. The van der Waals surface area contributed by atoms with Crippen molar-refractivity contribution in [3.05, 3.63) is 29.8 Å². The van der Waals surface area contributed by atoms with Gasteiger partial charge in [0.25, 0.3) is 5.91 Å². The van der Waals surface area contributed by atoms with E-state index in [1.54, 1.807) is 7.11 Å². The lowest BCUT2D eigenvalue weighted by Gasteiger charge is -2.22. The predicted molar refractivity (Wildman–Crippen MR) is 76.9 cm³/mol. The van der Waals surface area contributed by atoms with Gasteiger partial charge in [0.1, 0.15) is 5.75 Å². The molecule has 0 spiro atoms. The molecule has 1 amide bonds. The van der Waals surface area contributed by atoms with Crippen LogP contribution in [0.5, 0.6) is 5.75 Å². The maximum absolute atomic E-state index is 12.0. The highest BCUT2D eigenvalue weighted by atomic mass is 16.6. The number of oxime groups is 1. The van der Waals surface area contributed by atoms with Crippen LogP contribution in [-0.2, 0) is 9.63 Å². The van der Waals surface area contributed by atoms with Gasteiger partial charge < -0.3 is 14.9 Å². The van der Waals surface area contributed by atoms with Crippen molar-refractivity contribution in [2.75, 3.05) is 7.11 Å². The summed E-state index contributed by atoms with van der Waals surface area (Å²) in [5.41, 5.74) is 1.45. The van der Waals surface area contributed by atoms with Crippen LogP contribution in [0, 0.1) is 0 Å². The number of amides is 1. The fraction of sp³-hybridized carbons (Fsp3) is 0.467. The Bertz CT molecular complexity index is 515. The molecule has 0 saturated heterocycles. The zero-order valence-corrected chi connectivity index (χ0v) is 12.3. The summed E-state index contributed by atoms with van der Waals surface area (Å²) >= 11 is 0. The number of carbonyl (C=O) groups is 1. The third-order valence-corrected chi connectivity index (χ3v) is 2.88. The van der Waals surface area contributed by atoms with Gasteiger partial charge in [0.05, 0.1) is 12.8 Å². The number of nitrogens with one attached hydrogen (secondary N) is 1. The zero-order valence-electron chi connectivity index (χ0n) is 12.3. The van der Waals surface area contributed by atoms with Crippen molar-refractivity contribution >= 4 is 11.6 Å². The van der Waals surface area contributed by atoms with Crippen LogP contribution in [-0.4, -0.2) is 30.4 Å². The lowest BCUT2D eigenvalue weighted by atomic mass is 10.0. The molecule has 0 saturated carbocycles. The molecule has 0 aromatic heterocycles. The zero-order chi connectivity index (χ0) is 14.8. The number of benzene rings is 1. The topological polar surface area (TPSA) is 59.9 Å². The molecule has 0 bridgehead atoms. The van der Waals surface area contributed by atoms with Crippen LogP contribution >= 0.6 is 0 Å². The maximum atomic E-state index is 12.0. The average Bonchev–Trinajstić information content (AvgIpc) is 2.86. The Morgan fingerprint density at radius 2 is 2.00 bits per heavy atom. The molecule has 5 heteroatoms. The highest BCUT2D eigenvalue weighted by molar-refractivity contribution is 6.04. The van der Waals surface area contributed by atoms with Crippen LogP contribution in [0.15, 0.2) is 29.4 Å². The predicted octanol–water partition coefficient (Wildman–Crippen LogP) is 2.10. The number of carbonyl (C=O) groups excluding carboxylic acids is 1. The van der Waals surface area contributed by atoms with Gasteiger partial charge in [-0.25, -0.2) is 0 Å². The van der Waals surface area contributed by atoms with Gasteiger partial charge in [-0.3, -0.25) is 4.79 Å². The van der Waals surface area contributed by atoms with Crippen molar-refractivity contribution in [1.29, 1.82) is 0 Å². The summed E-state index contributed by atoms with van der Waals surface area (Å²) in [5, 5.41) is 6.90. The molecule has 108 valence electrons. The molecule has 0 radical (unpaired) electrons. The summed E-state index contributed by atoms with van der Waals surface area (Å²) in [5.74, 6) is 0.653. The maximum Gasteiger partial charge on any atom is 0.264 e. The molecule has 1 aliphatic rings. The van der Waals surface area contributed by atoms with Crippen LogP contribution in [0.2, 0.25) is 0 Å². The fourth-order valence-corrected chi connectivity index (χ4v) is 1.92. The Morgan fingerprint density at radius 1 is 1.35 bits per heavy atom. The van der Waals surface area contributed by atoms with Gasteiger partial charge in [-0.1, -0.05) is 5.16 Å². The molecule has 2 rings (SSSR count). The first-order valence-electron chi connectivity index (χ1n) is 6.58. The minimum absolute atomic E-state index is 0.134. The first-order valence-corrected chi connectivity index (χ1v) is 6.58. The molecule has 1 heterocycles. The Balaban J connectivity index is 1.99. The third kappa shape index (κ3) is 3.50. The molecule has 0 unspecified atom stereocenters. The van der Waals surface area contributed by atoms with Crippen molar-refractivity contribution < 1.29 is 14.4 Å². The Hall–Kier alpha value is -2.04. The minimum atomic E-state index is -0.550. The molecule has 1 aromatic carbocycles. The van der Waals surface area contributed by atoms with E-state index in [0.717, 1.165) is 17.0 Å². The summed E-state index contributed by atoms with van der Waals surface area (Å²) in [7, 11) is 1.62. The normalized spacial score (nSPS) is 18.2. The summed E-state index contributed by atoms with van der Waals surface area (Å²) < 4.78 is 5.11. The second kappa shape index (κ2) is 5.53. The van der Waals surface area contributed by atoms with Gasteiger partial charge in [-0.2, -0.15) is 0 Å². The molecule has 1 N–H and O–H groups in total. The lowest BCUT2D eigenvalue weighted by molar-refractivity contribution is -0.132. The third-order valence-electron chi connectivity index (χ3n) is 2.88. The smallest absolute Gasteiger partial charge is 0.264 e. The largest absolute Gasteiger partial charge is 0.497 e. The first kappa shape index (κ1) is 14.4. The molecular formula is C15H20N2O3. The average molecular weight is 276 g/mol. The van der Waals surface area contributed by atoms with Gasteiger partial charge in [-0.05, 0) is 50.6 Å². The van der Waals surface area contributed by atoms with Crippen LogP contribution in [0.3, 0.4) is 0 Å². The molecule has 0 fully saturated rings. The van der Waals surface area contributed by atoms with Gasteiger partial charge in [0, 0.05) is 12.0 Å². The standard InChI is InChI=1S/C15H20N2O3/c1-15(2,3)16-14(18)13-9-12(17-20-13)10-5-7-11(19-4)8-6-10/h5-8,13H,9H2,1-4H3,(H,16,18)/t13-/m1/s1. The number of nitrogens with zero attached hydrogens (tertiary/aromatic N) is 1. The first-order chi connectivity index (χ1) is 9.39. The van der Waals surface area contributed by atoms with Crippen molar-refractivity contribution in [3.63, 3.8) is 0 Å². The second-order valence-electron chi connectivity index (χ2n) is 5.80. The van der Waals surface area contributed by atoms with Crippen molar-refractivity contribution in [2.24, 2.45) is 5.16 Å². The van der Waals surface area contributed by atoms with Gasteiger partial charge >= 0.3 is 0 Å². The van der Waals surface area contributed by atoms with Crippen molar-refractivity contribution in [2.45, 2.75) is 38.8 Å². The van der Waals surface area contributed by atoms with E-state index in [-0.39, 0.29) is 11.4 Å². The summed E-state index contributed by atoms with van der Waals surface area (Å²) in [6.45, 7) is 5.81. The van der Waals surface area contributed by atoms with Crippen LogP contribution in [0.1, 0.15) is 32.8 Å². The molecule has 0 aliphatic carbocycles. The Morgan fingerprint density at radius 3 is 2.55 bits per heavy atom. The summed E-state index contributed by atoms with van der Waals surface area (Å²) in [4.78, 5) is 17.2. The number of hydrogen-bond acceptors (Lipinski definition) is 4. The number of rotatable bonds is 3. The number of ether oxygens (including phenoxy) is 1. The van der Waals surface area contributed by atoms with Gasteiger partial charge in [0.15, 0.2) is 0 Å². The fourth-order valence-electron chi connectivity index (χ4n) is 1.92. The highest BCUT2D eigenvalue weighted by Gasteiger charge is 2.30. The highest BCUT2D eigenvalue weighted by Crippen LogP contribution is 2.19. The Kier molecular flexibility index (Phi) is 3.97. The van der Waals surface area contributed by atoms with E-state index in [2.05, 4.69) is 10.5 Å². The van der Waals surface area contributed by atoms with Crippen LogP contribution < -0.4 is 10.1 Å².